The molecule has 1 unspecified atom stereocenters. The van der Waals surface area contributed by atoms with Gasteiger partial charge < -0.3 is 0 Å². The SMILES string of the molecule is Cc1cccc(C)c1-c1c[n+]2c3c4c5c(ccc4c4c6ccccc6c6ccccc6c4n13)C1(c3ccccc3-c3ccccc31)c1ccc3c4ccccc4n4cc[n+]6c4c3c1C562. The van der Waals surface area contributed by atoms with E-state index in [1.54, 1.807) is 0 Å². The molecule has 13 aromatic rings. The van der Waals surface area contributed by atoms with Crippen molar-refractivity contribution in [3.05, 3.63) is 227 Å². The van der Waals surface area contributed by atoms with Gasteiger partial charge in [0.25, 0.3) is 11.3 Å². The molecule has 2 spiro atoms. The van der Waals surface area contributed by atoms with Crippen molar-refractivity contribution in [2.24, 2.45) is 0 Å². The molecule has 2 aliphatic carbocycles. The largest absolute Gasteiger partial charge is 0.308 e. The number of hydrogen-bond donors (Lipinski definition) is 0. The van der Waals surface area contributed by atoms with E-state index in [2.05, 4.69) is 214 Å². The molecule has 4 heteroatoms. The lowest BCUT2D eigenvalue weighted by Gasteiger charge is -2.43. The Morgan fingerprint density at radius 1 is 0.438 bits per heavy atom. The maximum atomic E-state index is 2.74. The molecule has 0 bridgehead atoms. The van der Waals surface area contributed by atoms with Crippen molar-refractivity contribution in [2.45, 2.75) is 24.9 Å². The summed E-state index contributed by atoms with van der Waals surface area (Å²) in [4.78, 5) is 0. The van der Waals surface area contributed by atoms with Crippen LogP contribution in [0.5, 0.6) is 0 Å². The van der Waals surface area contributed by atoms with Crippen LogP contribution in [-0.4, -0.2) is 8.80 Å². The van der Waals surface area contributed by atoms with Gasteiger partial charge in [-0.15, -0.1) is 0 Å². The van der Waals surface area contributed by atoms with Gasteiger partial charge in [0.1, 0.15) is 29.6 Å². The first-order chi connectivity index (χ1) is 31.6. The highest BCUT2D eigenvalue weighted by molar-refractivity contribution is 6.33. The molecule has 2 aliphatic heterocycles. The summed E-state index contributed by atoms with van der Waals surface area (Å²) in [6.07, 6.45) is 7.27. The van der Waals surface area contributed by atoms with E-state index in [1.807, 2.05) is 0 Å². The Morgan fingerprint density at radius 3 is 1.72 bits per heavy atom. The first-order valence-electron chi connectivity index (χ1n) is 22.6. The number of fused-ring (bicyclic) bond motifs is 18. The third-order valence-corrected chi connectivity index (χ3v) is 16.4. The Labute approximate surface area is 366 Å². The molecule has 1 atom stereocenters. The summed E-state index contributed by atoms with van der Waals surface area (Å²) in [7, 11) is 0. The summed E-state index contributed by atoms with van der Waals surface area (Å²) in [6.45, 7) is 4.58. The highest BCUT2D eigenvalue weighted by Gasteiger charge is 2.69. The second-order valence-electron chi connectivity index (χ2n) is 18.8. The summed E-state index contributed by atoms with van der Waals surface area (Å²) in [5.41, 5.74) is 19.7. The molecule has 0 saturated heterocycles. The van der Waals surface area contributed by atoms with Crippen LogP contribution >= 0.6 is 0 Å². The molecule has 0 fully saturated rings. The number of rotatable bonds is 1. The third kappa shape index (κ3) is 3.12. The molecule has 0 saturated carbocycles. The molecule has 0 N–H and O–H groups in total. The molecule has 9 aromatic carbocycles. The van der Waals surface area contributed by atoms with Crippen LogP contribution in [0.15, 0.2) is 182 Å². The van der Waals surface area contributed by atoms with Crippen LogP contribution in [0.3, 0.4) is 0 Å². The lowest BCUT2D eigenvalue weighted by atomic mass is 9.58. The zero-order chi connectivity index (χ0) is 41.5. The average Bonchev–Trinajstić information content (AvgIpc) is 4.15. The van der Waals surface area contributed by atoms with Crippen molar-refractivity contribution < 1.29 is 9.13 Å². The number of para-hydroxylation sites is 1. The van der Waals surface area contributed by atoms with Crippen molar-refractivity contribution in [1.82, 2.24) is 8.80 Å². The molecule has 294 valence electrons. The van der Waals surface area contributed by atoms with Gasteiger partial charge in [-0.05, 0) is 80.6 Å². The van der Waals surface area contributed by atoms with E-state index >= 15 is 0 Å². The van der Waals surface area contributed by atoms with Crippen LogP contribution in [0.2, 0.25) is 0 Å². The molecule has 0 radical (unpaired) electrons. The van der Waals surface area contributed by atoms with E-state index in [-0.39, 0.29) is 0 Å². The van der Waals surface area contributed by atoms with E-state index in [4.69, 9.17) is 0 Å². The summed E-state index contributed by atoms with van der Waals surface area (Å²) < 4.78 is 10.6. The Morgan fingerprint density at radius 2 is 1.00 bits per heavy atom. The molecule has 0 amide bonds. The van der Waals surface area contributed by atoms with Crippen LogP contribution in [0.25, 0.3) is 98.6 Å². The third-order valence-electron chi connectivity index (χ3n) is 16.4. The molecule has 64 heavy (non-hydrogen) atoms. The van der Waals surface area contributed by atoms with Gasteiger partial charge in [-0.1, -0.05) is 158 Å². The molecule has 17 rings (SSSR count). The van der Waals surface area contributed by atoms with E-state index < -0.39 is 11.1 Å². The Balaban J connectivity index is 1.22. The number of aromatic nitrogens is 4. The number of pyridine rings is 2. The highest BCUT2D eigenvalue weighted by atomic mass is 15.4. The minimum absolute atomic E-state index is 0.548. The second kappa shape index (κ2) is 10.4. The van der Waals surface area contributed by atoms with Gasteiger partial charge in [0.05, 0.1) is 27.3 Å². The number of nitrogens with zero attached hydrogens (tertiary/aromatic N) is 4. The number of imidazole rings is 2. The number of hydrogen-bond acceptors (Lipinski definition) is 0. The van der Waals surface area contributed by atoms with Crippen molar-refractivity contribution >= 4 is 76.2 Å². The Kier molecular flexibility index (Phi) is 5.30. The molecule has 4 nitrogen and oxygen atoms in total. The van der Waals surface area contributed by atoms with Crippen molar-refractivity contribution in [3.63, 3.8) is 0 Å². The standard InChI is InChI=1S/C60H36N4/c1-33-14-13-15-34(2)50(33)49-32-63-58-53-43(51-40-21-5-3-16-35(40)36-17-4-6-22-42(36)56(51)64(49)58)27-29-47-55(53)60(63)54-46(59(47)44-23-10-7-18-37(44)38-19-8-11-24-45(38)59)28-26-41-39-20-9-12-25-48(39)61-30-31-62(60)57(61)52(41)54/h3-32H,1-2H3/q+2. The van der Waals surface area contributed by atoms with Crippen LogP contribution in [0, 0.1) is 13.8 Å². The fourth-order valence-corrected chi connectivity index (χ4v) is 14.3. The van der Waals surface area contributed by atoms with Gasteiger partial charge in [-0.3, -0.25) is 0 Å². The van der Waals surface area contributed by atoms with E-state index in [0.717, 1.165) is 0 Å². The normalized spacial score (nSPS) is 16.8. The maximum absolute atomic E-state index is 2.74. The topological polar surface area (TPSA) is 16.6 Å². The monoisotopic (exact) mass is 812 g/mol. The minimum atomic E-state index is -0.721. The molecule has 4 aromatic heterocycles. The predicted octanol–water partition coefficient (Wildman–Crippen LogP) is 12.6. The maximum Gasteiger partial charge on any atom is 0.308 e. The molecular formula is C60H36N4+2. The van der Waals surface area contributed by atoms with Crippen LogP contribution in [-0.2, 0) is 11.1 Å². The lowest BCUT2D eigenvalue weighted by Crippen LogP contribution is -2.72. The summed E-state index contributed by atoms with van der Waals surface area (Å²) >= 11 is 0. The summed E-state index contributed by atoms with van der Waals surface area (Å²) in [6, 6.07) is 62.6. The Hall–Kier alpha value is -8.08. The van der Waals surface area contributed by atoms with E-state index in [1.165, 1.54) is 143 Å². The first-order valence-corrected chi connectivity index (χ1v) is 22.6. The van der Waals surface area contributed by atoms with Crippen molar-refractivity contribution in [2.75, 3.05) is 0 Å². The van der Waals surface area contributed by atoms with Crippen LogP contribution in [0.4, 0.5) is 0 Å². The number of aryl methyl sites for hydroxylation is 2. The highest BCUT2D eigenvalue weighted by Crippen LogP contribution is 2.66. The van der Waals surface area contributed by atoms with E-state index in [9.17, 15) is 0 Å². The molecular weight excluding hydrogens is 777 g/mol. The van der Waals surface area contributed by atoms with Gasteiger partial charge in [0.15, 0.2) is 5.69 Å². The van der Waals surface area contributed by atoms with Gasteiger partial charge in [-0.2, -0.15) is 17.9 Å². The van der Waals surface area contributed by atoms with Crippen LogP contribution < -0.4 is 9.13 Å². The van der Waals surface area contributed by atoms with Gasteiger partial charge in [0, 0.05) is 32.5 Å². The van der Waals surface area contributed by atoms with Gasteiger partial charge in [0.2, 0.25) is 0 Å². The molecule has 4 aliphatic rings. The molecule has 6 heterocycles. The van der Waals surface area contributed by atoms with Gasteiger partial charge >= 0.3 is 5.66 Å². The quantitative estimate of drug-likeness (QED) is 0.116. The van der Waals surface area contributed by atoms with Crippen LogP contribution in [0.1, 0.15) is 44.5 Å². The second-order valence-corrected chi connectivity index (χ2v) is 18.8. The smallest absolute Gasteiger partial charge is 0.195 e. The van der Waals surface area contributed by atoms with Gasteiger partial charge in [-0.25, -0.2) is 0 Å². The first kappa shape index (κ1) is 32.6. The summed E-state index contributed by atoms with van der Waals surface area (Å²) in [5, 5.41) is 13.0. The van der Waals surface area contributed by atoms with E-state index in [0.29, 0.717) is 0 Å². The number of benzene rings is 9. The fraction of sp³-hybridized carbons (Fsp3) is 0.0667. The minimum Gasteiger partial charge on any atom is -0.195 e. The van der Waals surface area contributed by atoms with Crippen molar-refractivity contribution in [1.29, 1.82) is 0 Å². The Bertz CT molecular complexity index is 4400. The zero-order valence-electron chi connectivity index (χ0n) is 35.1. The predicted molar refractivity (Wildman–Crippen MR) is 258 cm³/mol. The fourth-order valence-electron chi connectivity index (χ4n) is 14.3. The average molecular weight is 813 g/mol. The summed E-state index contributed by atoms with van der Waals surface area (Å²) in [5.74, 6) is 0. The lowest BCUT2D eigenvalue weighted by molar-refractivity contribution is -0.944. The van der Waals surface area contributed by atoms with Crippen molar-refractivity contribution in [3.8, 4) is 22.4 Å². The zero-order valence-corrected chi connectivity index (χ0v) is 35.1.